The van der Waals surface area contributed by atoms with Crippen molar-refractivity contribution in [2.45, 2.75) is 38.1 Å². The molecule has 3 aromatic heterocycles. The van der Waals surface area contributed by atoms with Crippen molar-refractivity contribution < 1.29 is 0 Å². The molecule has 0 amide bonds. The van der Waals surface area contributed by atoms with E-state index in [9.17, 15) is 0 Å². The molecule has 0 unspecified atom stereocenters. The molecule has 4 nitrogen and oxygen atoms in total. The number of hydrogen-bond donors (Lipinski definition) is 0. The summed E-state index contributed by atoms with van der Waals surface area (Å²) in [7, 11) is 2.17. The summed E-state index contributed by atoms with van der Waals surface area (Å²) in [5, 5.41) is 9.08. The number of fused-ring (bicyclic) bond motifs is 1. The molecule has 1 aliphatic carbocycles. The van der Waals surface area contributed by atoms with E-state index in [-0.39, 0.29) is 0 Å². The average molecular weight is 312 g/mol. The molecule has 0 N–H and O–H groups in total. The summed E-state index contributed by atoms with van der Waals surface area (Å²) in [5.41, 5.74) is 3.15. The number of anilines is 1. The largest absolute Gasteiger partial charge is 0.355 e. The minimum atomic E-state index is 0.617. The second-order valence-electron chi connectivity index (χ2n) is 6.02. The van der Waals surface area contributed by atoms with Gasteiger partial charge in [0.15, 0.2) is 5.65 Å². The molecule has 1 saturated carbocycles. The fourth-order valence-electron chi connectivity index (χ4n) is 3.31. The van der Waals surface area contributed by atoms with Crippen LogP contribution in [0, 0.1) is 0 Å². The van der Waals surface area contributed by atoms with Gasteiger partial charge in [-0.1, -0.05) is 19.3 Å². The Hall–Kier alpha value is -1.88. The molecule has 1 fully saturated rings. The van der Waals surface area contributed by atoms with Crippen LogP contribution in [-0.2, 0) is 0 Å². The van der Waals surface area contributed by atoms with Crippen LogP contribution in [0.2, 0.25) is 0 Å². The van der Waals surface area contributed by atoms with Crippen molar-refractivity contribution in [3.05, 3.63) is 35.2 Å². The number of nitrogens with zero attached hydrogens (tertiary/aromatic N) is 4. The standard InChI is InChI=1S/C17H20N4S/c1-20(14-5-3-2-4-6-14)17-8-7-16-18-11-15(21(16)19-17)13-9-10-22-12-13/h7-12,14H,2-6H2,1H3. The van der Waals surface area contributed by atoms with Crippen molar-refractivity contribution in [1.29, 1.82) is 0 Å². The Morgan fingerprint density at radius 1 is 1.18 bits per heavy atom. The Bertz CT molecular complexity index is 756. The summed E-state index contributed by atoms with van der Waals surface area (Å²) in [6.45, 7) is 0. The topological polar surface area (TPSA) is 33.4 Å². The maximum Gasteiger partial charge on any atom is 0.154 e. The first-order chi connectivity index (χ1) is 10.8. The van der Waals surface area contributed by atoms with Crippen molar-refractivity contribution in [3.63, 3.8) is 0 Å². The summed E-state index contributed by atoms with van der Waals surface area (Å²) >= 11 is 1.70. The van der Waals surface area contributed by atoms with Crippen LogP contribution in [0.4, 0.5) is 5.82 Å². The molecule has 4 rings (SSSR count). The third-order valence-electron chi connectivity index (χ3n) is 4.65. The molecular formula is C17H20N4S. The Morgan fingerprint density at radius 3 is 2.82 bits per heavy atom. The van der Waals surface area contributed by atoms with E-state index in [0.717, 1.165) is 17.2 Å². The molecule has 3 aromatic rings. The first kappa shape index (κ1) is 13.8. The highest BCUT2D eigenvalue weighted by Crippen LogP contribution is 2.27. The molecule has 0 bridgehead atoms. The second kappa shape index (κ2) is 5.72. The van der Waals surface area contributed by atoms with Crippen molar-refractivity contribution in [1.82, 2.24) is 14.6 Å². The first-order valence-corrected chi connectivity index (χ1v) is 8.87. The van der Waals surface area contributed by atoms with Crippen LogP contribution in [-0.4, -0.2) is 27.7 Å². The van der Waals surface area contributed by atoms with Gasteiger partial charge in [0.25, 0.3) is 0 Å². The van der Waals surface area contributed by atoms with E-state index in [1.165, 1.54) is 37.7 Å². The van der Waals surface area contributed by atoms with Crippen molar-refractivity contribution in [2.24, 2.45) is 0 Å². The number of hydrogen-bond acceptors (Lipinski definition) is 4. The number of thiophene rings is 1. The average Bonchev–Trinajstić information content (AvgIpc) is 3.23. The van der Waals surface area contributed by atoms with Crippen LogP contribution in [0.25, 0.3) is 16.9 Å². The van der Waals surface area contributed by atoms with Gasteiger partial charge < -0.3 is 4.90 Å². The molecule has 0 aromatic carbocycles. The van der Waals surface area contributed by atoms with Gasteiger partial charge in [-0.2, -0.15) is 11.3 Å². The SMILES string of the molecule is CN(c1ccc2ncc(-c3ccsc3)n2n1)C1CCCCC1. The molecule has 114 valence electrons. The Labute approximate surface area is 134 Å². The van der Waals surface area contributed by atoms with E-state index in [0.29, 0.717) is 6.04 Å². The molecule has 5 heteroatoms. The maximum absolute atomic E-state index is 4.85. The Kier molecular flexibility index (Phi) is 3.58. The molecule has 0 aliphatic heterocycles. The summed E-state index contributed by atoms with van der Waals surface area (Å²) in [6.07, 6.45) is 8.51. The number of aromatic nitrogens is 3. The lowest BCUT2D eigenvalue weighted by molar-refractivity contribution is 0.425. The number of imidazole rings is 1. The van der Waals surface area contributed by atoms with Gasteiger partial charge in [-0.25, -0.2) is 9.50 Å². The second-order valence-corrected chi connectivity index (χ2v) is 6.80. The molecule has 0 atom stereocenters. The maximum atomic E-state index is 4.85. The number of rotatable bonds is 3. The zero-order valence-electron chi connectivity index (χ0n) is 12.8. The van der Waals surface area contributed by atoms with Gasteiger partial charge in [-0.3, -0.25) is 0 Å². The van der Waals surface area contributed by atoms with E-state index >= 15 is 0 Å². The quantitative estimate of drug-likeness (QED) is 0.726. The van der Waals surface area contributed by atoms with Gasteiger partial charge in [0.05, 0.1) is 11.9 Å². The lowest BCUT2D eigenvalue weighted by atomic mass is 9.94. The molecule has 1 aliphatic rings. The molecular weight excluding hydrogens is 292 g/mol. The normalized spacial score (nSPS) is 16.2. The summed E-state index contributed by atoms with van der Waals surface area (Å²) < 4.78 is 1.97. The Balaban J connectivity index is 1.71. The van der Waals surface area contributed by atoms with Crippen molar-refractivity contribution in [3.8, 4) is 11.3 Å². The molecule has 0 saturated heterocycles. The minimum absolute atomic E-state index is 0.617. The van der Waals surface area contributed by atoms with Gasteiger partial charge in [-0.15, -0.1) is 5.10 Å². The van der Waals surface area contributed by atoms with E-state index < -0.39 is 0 Å². The predicted molar refractivity (Wildman–Crippen MR) is 91.6 cm³/mol. The monoisotopic (exact) mass is 312 g/mol. The predicted octanol–water partition coefficient (Wildman–Crippen LogP) is 4.23. The van der Waals surface area contributed by atoms with Crippen LogP contribution in [0.5, 0.6) is 0 Å². The molecule has 3 heterocycles. The lowest BCUT2D eigenvalue weighted by Gasteiger charge is -2.31. The van der Waals surface area contributed by atoms with Gasteiger partial charge in [0, 0.05) is 24.0 Å². The zero-order valence-corrected chi connectivity index (χ0v) is 13.6. The minimum Gasteiger partial charge on any atom is -0.355 e. The molecule has 0 spiro atoms. The Morgan fingerprint density at radius 2 is 2.05 bits per heavy atom. The van der Waals surface area contributed by atoms with Gasteiger partial charge in [0.2, 0.25) is 0 Å². The highest BCUT2D eigenvalue weighted by atomic mass is 32.1. The van der Waals surface area contributed by atoms with E-state index in [2.05, 4.69) is 45.9 Å². The van der Waals surface area contributed by atoms with E-state index in [1.54, 1.807) is 11.3 Å². The van der Waals surface area contributed by atoms with E-state index in [4.69, 9.17) is 5.10 Å². The highest BCUT2D eigenvalue weighted by Gasteiger charge is 2.20. The van der Waals surface area contributed by atoms with Gasteiger partial charge in [0.1, 0.15) is 5.82 Å². The molecule has 0 radical (unpaired) electrons. The highest BCUT2D eigenvalue weighted by molar-refractivity contribution is 7.08. The smallest absolute Gasteiger partial charge is 0.154 e. The summed E-state index contributed by atoms with van der Waals surface area (Å²) in [5.74, 6) is 1.04. The van der Waals surface area contributed by atoms with Crippen LogP contribution < -0.4 is 4.90 Å². The molecule has 22 heavy (non-hydrogen) atoms. The zero-order chi connectivity index (χ0) is 14.9. The van der Waals surface area contributed by atoms with Crippen LogP contribution in [0.15, 0.2) is 35.2 Å². The van der Waals surface area contributed by atoms with E-state index in [1.807, 2.05) is 10.7 Å². The third-order valence-corrected chi connectivity index (χ3v) is 5.33. The summed E-state index contributed by atoms with van der Waals surface area (Å²) in [6, 6.07) is 6.89. The first-order valence-electron chi connectivity index (χ1n) is 7.93. The van der Waals surface area contributed by atoms with Crippen molar-refractivity contribution in [2.75, 3.05) is 11.9 Å². The lowest BCUT2D eigenvalue weighted by Crippen LogP contribution is -2.34. The fourth-order valence-corrected chi connectivity index (χ4v) is 3.96. The summed E-state index contributed by atoms with van der Waals surface area (Å²) in [4.78, 5) is 6.82. The van der Waals surface area contributed by atoms with Crippen LogP contribution in [0.3, 0.4) is 0 Å². The van der Waals surface area contributed by atoms with Gasteiger partial charge >= 0.3 is 0 Å². The third kappa shape index (κ3) is 2.39. The van der Waals surface area contributed by atoms with Crippen LogP contribution >= 0.6 is 11.3 Å². The fraction of sp³-hybridized carbons (Fsp3) is 0.412. The van der Waals surface area contributed by atoms with Crippen molar-refractivity contribution >= 4 is 22.8 Å². The van der Waals surface area contributed by atoms with Crippen LogP contribution in [0.1, 0.15) is 32.1 Å². The van der Waals surface area contributed by atoms with Gasteiger partial charge in [-0.05, 0) is 36.4 Å².